The topological polar surface area (TPSA) is 37.0 Å². The number of nitrogens with zero attached hydrogens (tertiary/aromatic N) is 1. The summed E-state index contributed by atoms with van der Waals surface area (Å²) in [7, 11) is 0. The molecule has 1 fully saturated rings. The summed E-state index contributed by atoms with van der Waals surface area (Å²) >= 11 is 0. The van der Waals surface area contributed by atoms with E-state index in [0.29, 0.717) is 6.42 Å². The van der Waals surface area contributed by atoms with Crippen LogP contribution in [0, 0.1) is 5.92 Å². The van der Waals surface area contributed by atoms with E-state index in [-0.39, 0.29) is 5.92 Å². The van der Waals surface area contributed by atoms with Crippen molar-refractivity contribution in [2.45, 2.75) is 51.1 Å². The first-order valence-electron chi connectivity index (χ1n) is 8.40. The molecular weight excluding hydrogens is 265 g/mol. The number of aromatic nitrogens is 1. The Labute approximate surface area is 126 Å². The molecule has 1 aromatic rings. The van der Waals surface area contributed by atoms with Crippen LogP contribution in [0.15, 0.2) is 12.1 Å². The van der Waals surface area contributed by atoms with Gasteiger partial charge in [0, 0.05) is 24.7 Å². The molecule has 2 aliphatic heterocycles. The minimum atomic E-state index is -0.627. The summed E-state index contributed by atoms with van der Waals surface area (Å²) < 4.78 is 14.0. The minimum Gasteiger partial charge on any atom is -0.370 e. The van der Waals surface area contributed by atoms with Crippen LogP contribution in [0.25, 0.3) is 0 Å². The van der Waals surface area contributed by atoms with E-state index in [9.17, 15) is 4.39 Å². The Hall–Kier alpha value is -1.16. The highest BCUT2D eigenvalue weighted by molar-refractivity contribution is 5.46. The van der Waals surface area contributed by atoms with Crippen molar-refractivity contribution in [2.24, 2.45) is 5.92 Å². The van der Waals surface area contributed by atoms with E-state index in [1.54, 1.807) is 0 Å². The second-order valence-electron chi connectivity index (χ2n) is 6.36. The normalized spacial score (nSPS) is 22.6. The van der Waals surface area contributed by atoms with Gasteiger partial charge in [-0.15, -0.1) is 0 Å². The Bertz CT molecular complexity index is 457. The van der Waals surface area contributed by atoms with Crippen LogP contribution in [-0.2, 0) is 12.8 Å². The number of halogens is 1. The van der Waals surface area contributed by atoms with E-state index < -0.39 is 6.17 Å². The first-order chi connectivity index (χ1) is 10.3. The highest BCUT2D eigenvalue weighted by atomic mass is 19.1. The van der Waals surface area contributed by atoms with E-state index in [1.807, 2.05) is 0 Å². The monoisotopic (exact) mass is 291 g/mol. The number of pyridine rings is 1. The van der Waals surface area contributed by atoms with Crippen LogP contribution in [0.4, 0.5) is 10.2 Å². The first-order valence-corrected chi connectivity index (χ1v) is 8.40. The summed E-state index contributed by atoms with van der Waals surface area (Å²) in [6.07, 6.45) is 6.37. The number of unbranched alkanes of at least 4 members (excludes halogenated alkanes) is 1. The van der Waals surface area contributed by atoms with Gasteiger partial charge in [-0.25, -0.2) is 9.37 Å². The quantitative estimate of drug-likeness (QED) is 0.791. The fraction of sp³-hybridized carbons (Fsp3) is 0.706. The van der Waals surface area contributed by atoms with Crippen LogP contribution < -0.4 is 10.6 Å². The molecule has 3 heterocycles. The number of hydrogen-bond acceptors (Lipinski definition) is 3. The Morgan fingerprint density at radius 1 is 1.29 bits per heavy atom. The minimum absolute atomic E-state index is 0.246. The zero-order valence-corrected chi connectivity index (χ0v) is 12.7. The van der Waals surface area contributed by atoms with Crippen LogP contribution >= 0.6 is 0 Å². The molecular formula is C17H26FN3. The van der Waals surface area contributed by atoms with Crippen molar-refractivity contribution in [1.82, 2.24) is 10.3 Å². The third kappa shape index (κ3) is 3.94. The van der Waals surface area contributed by atoms with Crippen LogP contribution in [0.2, 0.25) is 0 Å². The van der Waals surface area contributed by atoms with E-state index in [4.69, 9.17) is 4.98 Å². The Morgan fingerprint density at radius 2 is 2.24 bits per heavy atom. The number of anilines is 1. The second kappa shape index (κ2) is 7.21. The summed E-state index contributed by atoms with van der Waals surface area (Å²) in [5, 5.41) is 6.61. The predicted octanol–water partition coefficient (Wildman–Crippen LogP) is 3.10. The molecule has 0 spiro atoms. The molecule has 0 aliphatic carbocycles. The maximum atomic E-state index is 14.0. The molecule has 4 heteroatoms. The number of nitrogens with one attached hydrogen (secondary N) is 2. The number of aryl methyl sites for hydroxylation is 2. The summed E-state index contributed by atoms with van der Waals surface area (Å²) in [5.41, 5.74) is 2.48. The van der Waals surface area contributed by atoms with E-state index in [0.717, 1.165) is 63.3 Å². The Balaban J connectivity index is 1.41. The van der Waals surface area contributed by atoms with E-state index in [2.05, 4.69) is 22.8 Å². The van der Waals surface area contributed by atoms with E-state index in [1.165, 1.54) is 12.0 Å². The fourth-order valence-corrected chi connectivity index (χ4v) is 3.37. The largest absolute Gasteiger partial charge is 0.370 e. The van der Waals surface area contributed by atoms with Crippen LogP contribution in [0.5, 0.6) is 0 Å². The van der Waals surface area contributed by atoms with Crippen molar-refractivity contribution in [1.29, 1.82) is 0 Å². The average molecular weight is 291 g/mol. The van der Waals surface area contributed by atoms with Gasteiger partial charge in [-0.05, 0) is 56.7 Å². The van der Waals surface area contributed by atoms with Gasteiger partial charge in [0.2, 0.25) is 0 Å². The van der Waals surface area contributed by atoms with E-state index >= 15 is 0 Å². The standard InChI is InChI=1S/C17H26FN3/c18-16(14-9-11-19-12-14)6-2-1-5-15-8-7-13-4-3-10-20-17(13)21-15/h7-8,14,16,19H,1-6,9-12H2,(H,20,21)/t14-,16?/m1/s1. The smallest absolute Gasteiger partial charge is 0.129 e. The lowest BCUT2D eigenvalue weighted by molar-refractivity contribution is 0.221. The third-order valence-corrected chi connectivity index (χ3v) is 4.72. The van der Waals surface area contributed by atoms with Gasteiger partial charge in [0.15, 0.2) is 0 Å². The molecule has 1 aromatic heterocycles. The number of rotatable bonds is 6. The maximum absolute atomic E-state index is 14.0. The zero-order chi connectivity index (χ0) is 14.5. The highest BCUT2D eigenvalue weighted by Crippen LogP contribution is 2.22. The van der Waals surface area contributed by atoms with Crippen molar-refractivity contribution in [3.8, 4) is 0 Å². The molecule has 0 amide bonds. The molecule has 116 valence electrons. The van der Waals surface area contributed by atoms with Gasteiger partial charge in [0.1, 0.15) is 12.0 Å². The van der Waals surface area contributed by atoms with Crippen molar-refractivity contribution in [2.75, 3.05) is 25.0 Å². The fourth-order valence-electron chi connectivity index (χ4n) is 3.37. The molecule has 1 unspecified atom stereocenters. The van der Waals surface area contributed by atoms with Crippen LogP contribution in [0.3, 0.4) is 0 Å². The van der Waals surface area contributed by atoms with Gasteiger partial charge in [0.05, 0.1) is 0 Å². The van der Waals surface area contributed by atoms with Gasteiger partial charge in [-0.3, -0.25) is 0 Å². The number of hydrogen-bond donors (Lipinski definition) is 2. The first kappa shape index (κ1) is 14.8. The maximum Gasteiger partial charge on any atom is 0.129 e. The lowest BCUT2D eigenvalue weighted by Crippen LogP contribution is -2.19. The summed E-state index contributed by atoms with van der Waals surface area (Å²) in [4.78, 5) is 4.69. The van der Waals surface area contributed by atoms with Crippen molar-refractivity contribution in [3.05, 3.63) is 23.4 Å². The predicted molar refractivity (Wildman–Crippen MR) is 84.5 cm³/mol. The number of alkyl halides is 1. The Kier molecular flexibility index (Phi) is 5.07. The highest BCUT2D eigenvalue weighted by Gasteiger charge is 2.23. The van der Waals surface area contributed by atoms with Gasteiger partial charge in [0.25, 0.3) is 0 Å². The van der Waals surface area contributed by atoms with Crippen LogP contribution in [-0.4, -0.2) is 30.8 Å². The van der Waals surface area contributed by atoms with Gasteiger partial charge >= 0.3 is 0 Å². The molecule has 3 nitrogen and oxygen atoms in total. The lowest BCUT2D eigenvalue weighted by Gasteiger charge is -2.17. The molecule has 21 heavy (non-hydrogen) atoms. The summed E-state index contributed by atoms with van der Waals surface area (Å²) in [5.74, 6) is 1.32. The molecule has 0 aromatic carbocycles. The molecule has 2 atom stereocenters. The number of fused-ring (bicyclic) bond motifs is 1. The zero-order valence-electron chi connectivity index (χ0n) is 12.7. The Morgan fingerprint density at radius 3 is 3.10 bits per heavy atom. The summed E-state index contributed by atoms with van der Waals surface area (Å²) in [6.45, 7) is 2.87. The third-order valence-electron chi connectivity index (χ3n) is 4.72. The van der Waals surface area contributed by atoms with Gasteiger partial charge in [-0.1, -0.05) is 12.5 Å². The average Bonchev–Trinajstić information content (AvgIpc) is 3.06. The van der Waals surface area contributed by atoms with Crippen molar-refractivity contribution < 1.29 is 4.39 Å². The second-order valence-corrected chi connectivity index (χ2v) is 6.36. The molecule has 0 saturated carbocycles. The lowest BCUT2D eigenvalue weighted by atomic mass is 9.97. The summed E-state index contributed by atoms with van der Waals surface area (Å²) in [6, 6.07) is 4.34. The van der Waals surface area contributed by atoms with Gasteiger partial charge < -0.3 is 10.6 Å². The molecule has 3 rings (SSSR count). The van der Waals surface area contributed by atoms with Crippen LogP contribution in [0.1, 0.15) is 43.4 Å². The van der Waals surface area contributed by atoms with Crippen molar-refractivity contribution >= 4 is 5.82 Å². The molecule has 0 radical (unpaired) electrons. The molecule has 1 saturated heterocycles. The molecule has 0 bridgehead atoms. The molecule has 2 N–H and O–H groups in total. The molecule has 2 aliphatic rings. The SMILES string of the molecule is FC(CCCCc1ccc2c(n1)NCCC2)[C@@H]1CCNC1. The van der Waals surface area contributed by atoms with Crippen molar-refractivity contribution in [3.63, 3.8) is 0 Å². The van der Waals surface area contributed by atoms with Gasteiger partial charge in [-0.2, -0.15) is 0 Å².